The highest BCUT2D eigenvalue weighted by Crippen LogP contribution is 2.09. The van der Waals surface area contributed by atoms with Crippen molar-refractivity contribution in [2.24, 2.45) is 0 Å². The van der Waals surface area contributed by atoms with Crippen LogP contribution in [0.5, 0.6) is 0 Å². The maximum Gasteiger partial charge on any atom is 0.152 e. The van der Waals surface area contributed by atoms with Gasteiger partial charge in [0.1, 0.15) is 9.84 Å². The number of hydrogen-bond donors (Lipinski definition) is 1. The molecule has 1 N–H and O–H groups in total. The van der Waals surface area contributed by atoms with Crippen LogP contribution in [0.2, 0.25) is 0 Å². The fraction of sp³-hybridized carbons (Fsp3) is 0.909. The van der Waals surface area contributed by atoms with Crippen LogP contribution in [-0.2, 0) is 14.6 Å². The fourth-order valence-electron chi connectivity index (χ4n) is 1.45. The van der Waals surface area contributed by atoms with Crippen molar-refractivity contribution in [3.05, 3.63) is 0 Å². The van der Waals surface area contributed by atoms with Crippen molar-refractivity contribution in [1.82, 2.24) is 5.32 Å². The first-order valence-corrected chi connectivity index (χ1v) is 7.56. The summed E-state index contributed by atoms with van der Waals surface area (Å²) >= 11 is 0. The molecule has 0 radical (unpaired) electrons. The van der Waals surface area contributed by atoms with E-state index in [0.29, 0.717) is 12.8 Å². The summed E-state index contributed by atoms with van der Waals surface area (Å²) in [5.41, 5.74) is -0.551. The van der Waals surface area contributed by atoms with Crippen molar-refractivity contribution in [3.63, 3.8) is 0 Å². The Kier molecular flexibility index (Phi) is 6.18. The van der Waals surface area contributed by atoms with Crippen molar-refractivity contribution in [3.8, 4) is 0 Å². The molecule has 5 heteroatoms. The van der Waals surface area contributed by atoms with Crippen LogP contribution in [0.4, 0.5) is 0 Å². The molecule has 0 aromatic rings. The minimum absolute atomic E-state index is 0.0700. The number of likely N-dealkylation sites (N-methyl/N-ethyl adjacent to an activating group) is 1. The summed E-state index contributed by atoms with van der Waals surface area (Å²) in [5, 5.41) is 3.08. The Morgan fingerprint density at radius 3 is 2.25 bits per heavy atom. The van der Waals surface area contributed by atoms with Crippen molar-refractivity contribution < 1.29 is 13.2 Å². The van der Waals surface area contributed by atoms with Gasteiger partial charge in [-0.15, -0.1) is 0 Å². The van der Waals surface area contributed by atoms with E-state index in [4.69, 9.17) is 0 Å². The monoisotopic (exact) mass is 249 g/mol. The summed E-state index contributed by atoms with van der Waals surface area (Å²) in [5.74, 6) is 0.329. The molecule has 16 heavy (non-hydrogen) atoms. The molecule has 0 unspecified atom stereocenters. The highest BCUT2D eigenvalue weighted by atomic mass is 32.2. The number of carbonyl (C=O) groups is 1. The van der Waals surface area contributed by atoms with Crippen molar-refractivity contribution in [2.75, 3.05) is 18.1 Å². The molecule has 0 aromatic carbocycles. The zero-order valence-corrected chi connectivity index (χ0v) is 11.5. The van der Waals surface area contributed by atoms with Crippen LogP contribution < -0.4 is 5.32 Å². The predicted molar refractivity (Wildman–Crippen MR) is 66.3 cm³/mol. The van der Waals surface area contributed by atoms with Gasteiger partial charge < -0.3 is 5.32 Å². The predicted octanol–water partition coefficient (Wildman–Crippen LogP) is 1.16. The molecule has 96 valence electrons. The van der Waals surface area contributed by atoms with Crippen LogP contribution in [0.3, 0.4) is 0 Å². The van der Waals surface area contributed by atoms with E-state index in [1.807, 2.05) is 20.8 Å². The lowest BCUT2D eigenvalue weighted by molar-refractivity contribution is -0.124. The van der Waals surface area contributed by atoms with Gasteiger partial charge in [0.2, 0.25) is 0 Å². The lowest BCUT2D eigenvalue weighted by Crippen LogP contribution is -2.46. The summed E-state index contributed by atoms with van der Waals surface area (Å²) < 4.78 is 22.5. The third-order valence-electron chi connectivity index (χ3n) is 2.61. The maximum absolute atomic E-state index is 11.8. The number of sulfone groups is 1. The van der Waals surface area contributed by atoms with Crippen molar-refractivity contribution >= 4 is 15.6 Å². The number of ketones is 1. The van der Waals surface area contributed by atoms with Gasteiger partial charge in [-0.1, -0.05) is 13.8 Å². The number of carbonyl (C=O) groups excluding carboxylic acids is 1. The van der Waals surface area contributed by atoms with Gasteiger partial charge in [0.05, 0.1) is 11.3 Å². The minimum atomic E-state index is -2.95. The number of nitrogens with one attached hydrogen (secondary N) is 1. The van der Waals surface area contributed by atoms with Crippen molar-refractivity contribution in [2.45, 2.75) is 46.1 Å². The molecule has 0 aliphatic rings. The van der Waals surface area contributed by atoms with E-state index in [1.54, 1.807) is 6.92 Å². The zero-order valence-electron chi connectivity index (χ0n) is 10.7. The highest BCUT2D eigenvalue weighted by Gasteiger charge is 2.25. The molecule has 0 saturated carbocycles. The summed E-state index contributed by atoms with van der Waals surface area (Å²) in [7, 11) is -2.95. The van der Waals surface area contributed by atoms with Gasteiger partial charge in [-0.2, -0.15) is 0 Å². The number of hydrogen-bond acceptors (Lipinski definition) is 4. The normalized spacial score (nSPS) is 12.8. The third-order valence-corrected chi connectivity index (χ3v) is 4.41. The summed E-state index contributed by atoms with van der Waals surface area (Å²) in [4.78, 5) is 11.8. The Morgan fingerprint density at radius 1 is 1.25 bits per heavy atom. The molecule has 0 saturated heterocycles. The third kappa shape index (κ3) is 5.61. The lowest BCUT2D eigenvalue weighted by Gasteiger charge is -2.23. The van der Waals surface area contributed by atoms with Gasteiger partial charge >= 0.3 is 0 Å². The van der Waals surface area contributed by atoms with Gasteiger partial charge in [-0.05, 0) is 26.8 Å². The van der Waals surface area contributed by atoms with Crippen LogP contribution in [0, 0.1) is 0 Å². The van der Waals surface area contributed by atoms with Gasteiger partial charge in [0, 0.05) is 12.2 Å². The second kappa shape index (κ2) is 6.35. The second-order valence-corrected chi connectivity index (χ2v) is 6.89. The summed E-state index contributed by atoms with van der Waals surface area (Å²) in [6.07, 6.45) is 0.739. The van der Waals surface area contributed by atoms with Crippen LogP contribution >= 0.6 is 0 Å². The smallest absolute Gasteiger partial charge is 0.152 e. The highest BCUT2D eigenvalue weighted by molar-refractivity contribution is 7.91. The molecule has 0 aliphatic carbocycles. The zero-order chi connectivity index (χ0) is 12.8. The quantitative estimate of drug-likeness (QED) is 0.701. The van der Waals surface area contributed by atoms with E-state index in [2.05, 4.69) is 5.32 Å². The van der Waals surface area contributed by atoms with Crippen molar-refractivity contribution in [1.29, 1.82) is 0 Å². The maximum atomic E-state index is 11.8. The van der Waals surface area contributed by atoms with Crippen LogP contribution in [0.1, 0.15) is 40.5 Å². The Balaban J connectivity index is 4.09. The SMILES string of the molecule is CCNC(C)(C)C(=O)CCCS(=O)(=O)CC. The van der Waals surface area contributed by atoms with Gasteiger partial charge in [0.15, 0.2) is 5.78 Å². The molecule has 0 aromatic heterocycles. The molecule has 0 bridgehead atoms. The van der Waals surface area contributed by atoms with Gasteiger partial charge in [0.25, 0.3) is 0 Å². The first-order chi connectivity index (χ1) is 7.25. The van der Waals surface area contributed by atoms with Crippen LogP contribution in [0.15, 0.2) is 0 Å². The minimum Gasteiger partial charge on any atom is -0.306 e. The Hall–Kier alpha value is -0.420. The number of rotatable bonds is 8. The average Bonchev–Trinajstić information content (AvgIpc) is 2.17. The Morgan fingerprint density at radius 2 is 1.81 bits per heavy atom. The molecule has 0 fully saturated rings. The molecular formula is C11H23NO3S. The molecule has 0 spiro atoms. The second-order valence-electron chi connectivity index (χ2n) is 4.42. The van der Waals surface area contributed by atoms with Gasteiger partial charge in [-0.25, -0.2) is 8.42 Å². The van der Waals surface area contributed by atoms with Crippen LogP contribution in [-0.4, -0.2) is 37.8 Å². The van der Waals surface area contributed by atoms with E-state index in [1.165, 1.54) is 0 Å². The van der Waals surface area contributed by atoms with Crippen LogP contribution in [0.25, 0.3) is 0 Å². The number of Topliss-reactive ketones (excluding diaryl/α,β-unsaturated/α-hetero) is 1. The first kappa shape index (κ1) is 15.6. The Labute approximate surface area is 98.7 Å². The molecule has 0 atom stereocenters. The lowest BCUT2D eigenvalue weighted by atomic mass is 9.96. The molecule has 0 amide bonds. The topological polar surface area (TPSA) is 63.2 Å². The molecule has 0 aliphatic heterocycles. The van der Waals surface area contributed by atoms with E-state index >= 15 is 0 Å². The van der Waals surface area contributed by atoms with E-state index in [0.717, 1.165) is 6.54 Å². The average molecular weight is 249 g/mol. The largest absolute Gasteiger partial charge is 0.306 e. The molecule has 4 nitrogen and oxygen atoms in total. The van der Waals surface area contributed by atoms with E-state index < -0.39 is 15.4 Å². The summed E-state index contributed by atoms with van der Waals surface area (Å²) in [6.45, 7) is 7.95. The van der Waals surface area contributed by atoms with E-state index in [-0.39, 0.29) is 17.3 Å². The standard InChI is InChI=1S/C11H23NO3S/c1-5-12-11(3,4)10(13)8-7-9-16(14,15)6-2/h12H,5-9H2,1-4H3. The first-order valence-electron chi connectivity index (χ1n) is 5.74. The van der Waals surface area contributed by atoms with Gasteiger partial charge in [-0.3, -0.25) is 4.79 Å². The fourth-order valence-corrected chi connectivity index (χ4v) is 2.32. The molecule has 0 heterocycles. The molecular weight excluding hydrogens is 226 g/mol. The molecule has 0 rings (SSSR count). The summed E-state index contributed by atoms with van der Waals surface area (Å²) in [6, 6.07) is 0. The Bertz CT molecular complexity index is 320. The van der Waals surface area contributed by atoms with E-state index in [9.17, 15) is 13.2 Å².